The summed E-state index contributed by atoms with van der Waals surface area (Å²) >= 11 is 0. The molecule has 4 rings (SSSR count). The van der Waals surface area contributed by atoms with Crippen molar-refractivity contribution in [3.8, 4) is 17.2 Å². The van der Waals surface area contributed by atoms with E-state index in [9.17, 15) is 19.2 Å². The zero-order valence-electron chi connectivity index (χ0n) is 33.4. The van der Waals surface area contributed by atoms with Crippen molar-refractivity contribution < 1.29 is 42.9 Å². The second-order valence-corrected chi connectivity index (χ2v) is 16.3. The van der Waals surface area contributed by atoms with Crippen LogP contribution in [0.15, 0.2) is 60.7 Å². The SMILES string of the molecule is CCOC(=O)CN(C(=O)c1ccc(OCC(C)(C)NCC(=O)OC(C)(C)C)cc1)c1cc(OC)ccc1[C@@H]1CCc2cc(OC(=O)C(C)(C)C)ccc2C1. The van der Waals surface area contributed by atoms with Gasteiger partial charge in [-0.3, -0.25) is 29.4 Å². The van der Waals surface area contributed by atoms with Gasteiger partial charge in [0, 0.05) is 17.2 Å². The summed E-state index contributed by atoms with van der Waals surface area (Å²) in [6, 6.07) is 18.1. The Morgan fingerprint density at radius 2 is 1.48 bits per heavy atom. The Morgan fingerprint density at radius 1 is 0.815 bits per heavy atom. The predicted octanol–water partition coefficient (Wildman–Crippen LogP) is 7.22. The van der Waals surface area contributed by atoms with Gasteiger partial charge < -0.3 is 23.7 Å². The van der Waals surface area contributed by atoms with Crippen molar-refractivity contribution in [3.05, 3.63) is 82.9 Å². The number of nitrogens with one attached hydrogen (secondary N) is 1. The van der Waals surface area contributed by atoms with E-state index >= 15 is 0 Å². The lowest BCUT2D eigenvalue weighted by Gasteiger charge is -2.31. The summed E-state index contributed by atoms with van der Waals surface area (Å²) in [4.78, 5) is 53.5. The number of aryl methyl sites for hydroxylation is 1. The van der Waals surface area contributed by atoms with Crippen LogP contribution in [0.3, 0.4) is 0 Å². The van der Waals surface area contributed by atoms with Crippen molar-refractivity contribution in [1.29, 1.82) is 0 Å². The molecule has 292 valence electrons. The van der Waals surface area contributed by atoms with Gasteiger partial charge in [0.2, 0.25) is 0 Å². The van der Waals surface area contributed by atoms with Crippen LogP contribution in [0.25, 0.3) is 0 Å². The van der Waals surface area contributed by atoms with Crippen molar-refractivity contribution in [2.24, 2.45) is 5.41 Å². The van der Waals surface area contributed by atoms with Crippen LogP contribution in [0.5, 0.6) is 17.2 Å². The summed E-state index contributed by atoms with van der Waals surface area (Å²) in [6.45, 7) is 16.7. The average molecular weight is 745 g/mol. The number of amides is 1. The van der Waals surface area contributed by atoms with E-state index in [1.807, 2.05) is 85.7 Å². The number of nitrogens with zero attached hydrogens (tertiary/aromatic N) is 1. The maximum atomic E-state index is 14.3. The molecule has 1 amide bonds. The number of hydrogen-bond acceptors (Lipinski definition) is 10. The van der Waals surface area contributed by atoms with Gasteiger partial charge in [0.05, 0.1) is 31.4 Å². The van der Waals surface area contributed by atoms with Crippen molar-refractivity contribution in [2.45, 2.75) is 98.6 Å². The Bertz CT molecular complexity index is 1800. The van der Waals surface area contributed by atoms with Gasteiger partial charge >= 0.3 is 17.9 Å². The highest BCUT2D eigenvalue weighted by atomic mass is 16.6. The minimum atomic E-state index is -0.616. The van der Waals surface area contributed by atoms with Gasteiger partial charge in [-0.1, -0.05) is 12.1 Å². The lowest BCUT2D eigenvalue weighted by Crippen LogP contribution is -2.47. The van der Waals surface area contributed by atoms with Crippen LogP contribution in [0, 0.1) is 5.41 Å². The number of hydrogen-bond donors (Lipinski definition) is 1. The number of benzene rings is 3. The van der Waals surface area contributed by atoms with E-state index in [1.165, 1.54) is 4.90 Å². The lowest BCUT2D eigenvalue weighted by molar-refractivity contribution is -0.154. The molecule has 54 heavy (non-hydrogen) atoms. The Morgan fingerprint density at radius 3 is 2.11 bits per heavy atom. The smallest absolute Gasteiger partial charge is 0.326 e. The molecule has 0 spiro atoms. The van der Waals surface area contributed by atoms with E-state index < -0.39 is 22.5 Å². The highest BCUT2D eigenvalue weighted by Crippen LogP contribution is 2.40. The number of fused-ring (bicyclic) bond motifs is 1. The van der Waals surface area contributed by atoms with Crippen molar-refractivity contribution in [1.82, 2.24) is 5.32 Å². The number of methoxy groups -OCH3 is 1. The molecule has 0 heterocycles. The molecule has 11 heteroatoms. The summed E-state index contributed by atoms with van der Waals surface area (Å²) in [5.41, 5.74) is 2.33. The largest absolute Gasteiger partial charge is 0.497 e. The molecule has 0 aromatic heterocycles. The van der Waals surface area contributed by atoms with Gasteiger partial charge in [-0.15, -0.1) is 0 Å². The minimum Gasteiger partial charge on any atom is -0.497 e. The second kappa shape index (κ2) is 17.5. The number of carbonyl (C=O) groups excluding carboxylic acids is 4. The van der Waals surface area contributed by atoms with Gasteiger partial charge in [0.25, 0.3) is 5.91 Å². The predicted molar refractivity (Wildman–Crippen MR) is 207 cm³/mol. The second-order valence-electron chi connectivity index (χ2n) is 16.3. The first-order valence-corrected chi connectivity index (χ1v) is 18.5. The van der Waals surface area contributed by atoms with Crippen LogP contribution in [0.1, 0.15) is 102 Å². The number of carbonyl (C=O) groups is 4. The fourth-order valence-corrected chi connectivity index (χ4v) is 6.01. The van der Waals surface area contributed by atoms with Crippen molar-refractivity contribution in [2.75, 3.05) is 38.3 Å². The molecule has 3 aromatic rings. The van der Waals surface area contributed by atoms with Crippen LogP contribution in [-0.2, 0) is 36.7 Å². The summed E-state index contributed by atoms with van der Waals surface area (Å²) in [5.74, 6) is 0.0737. The van der Waals surface area contributed by atoms with Crippen LogP contribution in [0.4, 0.5) is 5.69 Å². The van der Waals surface area contributed by atoms with Crippen LogP contribution in [0.2, 0.25) is 0 Å². The van der Waals surface area contributed by atoms with Crippen LogP contribution < -0.4 is 24.4 Å². The standard InChI is InChI=1S/C43H56N2O9/c1-11-51-38(47)26-45(39(48)28-14-17-32(18-15-28)52-27-43(8,9)44-25-37(46)54-42(5,6)7)36-24-33(50-10)20-21-35(36)31-13-12-30-23-34(19-16-29(30)22-31)53-40(49)41(2,3)4/h14-21,23-24,31,44H,11-13,22,25-27H2,1-10H3/t31-/m1/s1. The molecule has 11 nitrogen and oxygen atoms in total. The Hall–Kier alpha value is -4.90. The third kappa shape index (κ3) is 11.8. The molecular weight excluding hydrogens is 688 g/mol. The quantitative estimate of drug-likeness (QED) is 0.133. The first-order chi connectivity index (χ1) is 25.3. The van der Waals surface area contributed by atoms with E-state index in [0.717, 1.165) is 29.5 Å². The third-order valence-corrected chi connectivity index (χ3v) is 8.87. The molecule has 0 unspecified atom stereocenters. The summed E-state index contributed by atoms with van der Waals surface area (Å²) in [5, 5.41) is 3.17. The summed E-state index contributed by atoms with van der Waals surface area (Å²) < 4.78 is 28.0. The molecular formula is C43H56N2O9. The number of rotatable bonds is 14. The van der Waals surface area contributed by atoms with E-state index in [0.29, 0.717) is 34.9 Å². The molecule has 0 saturated heterocycles. The number of esters is 3. The molecule has 1 aliphatic rings. The Kier molecular flexibility index (Phi) is 13.6. The summed E-state index contributed by atoms with van der Waals surface area (Å²) in [7, 11) is 1.56. The van der Waals surface area contributed by atoms with E-state index in [1.54, 1.807) is 44.4 Å². The fourth-order valence-electron chi connectivity index (χ4n) is 6.01. The van der Waals surface area contributed by atoms with Crippen molar-refractivity contribution in [3.63, 3.8) is 0 Å². The first-order valence-electron chi connectivity index (χ1n) is 18.5. The normalized spacial score (nSPS) is 14.4. The van der Waals surface area contributed by atoms with Gasteiger partial charge in [0.1, 0.15) is 36.0 Å². The van der Waals surface area contributed by atoms with E-state index in [4.69, 9.17) is 23.7 Å². The molecule has 3 aromatic carbocycles. The molecule has 0 fully saturated rings. The number of ether oxygens (including phenoxy) is 5. The van der Waals surface area contributed by atoms with Gasteiger partial charge in [-0.25, -0.2) is 0 Å². The Balaban J connectivity index is 1.56. The number of anilines is 1. The molecule has 1 atom stereocenters. The average Bonchev–Trinajstić information content (AvgIpc) is 3.11. The first kappa shape index (κ1) is 41.9. The fraction of sp³-hybridized carbons (Fsp3) is 0.488. The maximum Gasteiger partial charge on any atom is 0.326 e. The Labute approximate surface area is 319 Å². The highest BCUT2D eigenvalue weighted by Gasteiger charge is 2.30. The van der Waals surface area contributed by atoms with Crippen molar-refractivity contribution >= 4 is 29.5 Å². The zero-order chi connectivity index (χ0) is 39.8. The van der Waals surface area contributed by atoms with Crippen LogP contribution in [-0.4, -0.2) is 68.4 Å². The van der Waals surface area contributed by atoms with Crippen LogP contribution >= 0.6 is 0 Å². The summed E-state index contributed by atoms with van der Waals surface area (Å²) in [6.07, 6.45) is 2.21. The maximum absolute atomic E-state index is 14.3. The van der Waals surface area contributed by atoms with Gasteiger partial charge in [-0.2, -0.15) is 0 Å². The zero-order valence-corrected chi connectivity index (χ0v) is 33.4. The molecule has 0 bridgehead atoms. The molecule has 0 saturated carbocycles. The topological polar surface area (TPSA) is 130 Å². The highest BCUT2D eigenvalue weighted by molar-refractivity contribution is 6.09. The molecule has 0 radical (unpaired) electrons. The minimum absolute atomic E-state index is 0.0296. The van der Waals surface area contributed by atoms with Gasteiger partial charge in [0.15, 0.2) is 0 Å². The van der Waals surface area contributed by atoms with E-state index in [2.05, 4.69) is 5.32 Å². The monoisotopic (exact) mass is 744 g/mol. The lowest BCUT2D eigenvalue weighted by atomic mass is 9.79. The third-order valence-electron chi connectivity index (χ3n) is 8.87. The molecule has 1 N–H and O–H groups in total. The van der Waals surface area contributed by atoms with Gasteiger partial charge in [-0.05, 0) is 147 Å². The molecule has 0 aliphatic heterocycles. The van der Waals surface area contributed by atoms with E-state index in [-0.39, 0.29) is 50.1 Å². The molecule has 1 aliphatic carbocycles.